The summed E-state index contributed by atoms with van der Waals surface area (Å²) in [5.74, 6) is 0.673. The Labute approximate surface area is 132 Å². The number of aromatic nitrogens is 1. The number of rotatable bonds is 3. The van der Waals surface area contributed by atoms with Crippen molar-refractivity contribution in [2.75, 3.05) is 12.3 Å². The molecule has 0 amide bonds. The van der Waals surface area contributed by atoms with Gasteiger partial charge in [-0.05, 0) is 26.2 Å². The van der Waals surface area contributed by atoms with Crippen LogP contribution in [-0.2, 0) is 0 Å². The van der Waals surface area contributed by atoms with E-state index < -0.39 is 0 Å². The van der Waals surface area contributed by atoms with Crippen molar-refractivity contribution in [1.29, 1.82) is 0 Å². The van der Waals surface area contributed by atoms with Crippen molar-refractivity contribution >= 4 is 17.2 Å². The number of nitrogens with two attached hydrogens (primary N) is 3. The molecular weight excluding hydrogens is 274 g/mol. The van der Waals surface area contributed by atoms with Crippen LogP contribution in [0.5, 0.6) is 0 Å². The first-order valence-electron chi connectivity index (χ1n) is 8.19. The summed E-state index contributed by atoms with van der Waals surface area (Å²) in [5, 5.41) is 0. The third-order valence-corrected chi connectivity index (χ3v) is 5.02. The molecule has 5 heteroatoms. The Kier molecular flexibility index (Phi) is 3.68. The summed E-state index contributed by atoms with van der Waals surface area (Å²) in [6, 6.07) is 0. The number of hydrogen-bond donors (Lipinski definition) is 4. The number of nitrogens with one attached hydrogen (secondary N) is 1. The topological polar surface area (TPSA) is 97.1 Å². The molecule has 1 aromatic heterocycles. The molecule has 7 N–H and O–H groups in total. The quantitative estimate of drug-likeness (QED) is 0.690. The van der Waals surface area contributed by atoms with Gasteiger partial charge in [0.25, 0.3) is 0 Å². The van der Waals surface area contributed by atoms with Crippen LogP contribution in [0, 0.1) is 0 Å². The molecule has 2 aliphatic heterocycles. The van der Waals surface area contributed by atoms with Crippen molar-refractivity contribution in [2.45, 2.75) is 51.5 Å². The van der Waals surface area contributed by atoms with Crippen molar-refractivity contribution < 1.29 is 0 Å². The number of nitrogens with zero attached hydrogens (tertiary/aromatic N) is 1. The number of nitrogen functional groups attached to an aromatic ring is 1. The summed E-state index contributed by atoms with van der Waals surface area (Å²) in [6.07, 6.45) is 9.34. The standard InChI is InChI=1S/C17H27N5/c1-3-5-7-17(20)8-6-13-15(18)11-9-21-16(19)14(11)12(4-2)22(13)10-17/h4,9,21H,3,5-8,10,18-20H2,1-2H3/b12-4+. The summed E-state index contributed by atoms with van der Waals surface area (Å²) in [5.41, 5.74) is 24.3. The summed E-state index contributed by atoms with van der Waals surface area (Å²) < 4.78 is 0. The summed E-state index contributed by atoms with van der Waals surface area (Å²) in [6.45, 7) is 5.07. The molecule has 22 heavy (non-hydrogen) atoms. The van der Waals surface area contributed by atoms with E-state index in [9.17, 15) is 0 Å². The van der Waals surface area contributed by atoms with Crippen LogP contribution < -0.4 is 17.2 Å². The maximum Gasteiger partial charge on any atom is 0.110 e. The minimum absolute atomic E-state index is 0.142. The van der Waals surface area contributed by atoms with Gasteiger partial charge in [-0.15, -0.1) is 0 Å². The smallest absolute Gasteiger partial charge is 0.110 e. The van der Waals surface area contributed by atoms with Gasteiger partial charge in [0.2, 0.25) is 0 Å². The fourth-order valence-corrected chi connectivity index (χ4v) is 3.75. The number of allylic oxidation sites excluding steroid dienone is 2. The molecule has 0 bridgehead atoms. The van der Waals surface area contributed by atoms with Gasteiger partial charge in [0.05, 0.1) is 5.70 Å². The molecule has 1 aromatic rings. The number of aromatic amines is 1. The number of H-pyrrole nitrogens is 1. The first-order chi connectivity index (χ1) is 10.5. The fraction of sp³-hybridized carbons (Fsp3) is 0.529. The Hall–Kier alpha value is -1.88. The van der Waals surface area contributed by atoms with Crippen molar-refractivity contribution in [2.24, 2.45) is 11.5 Å². The van der Waals surface area contributed by atoms with Crippen molar-refractivity contribution in [3.8, 4) is 0 Å². The zero-order valence-electron chi connectivity index (χ0n) is 13.6. The predicted molar refractivity (Wildman–Crippen MR) is 92.3 cm³/mol. The van der Waals surface area contributed by atoms with Gasteiger partial charge in [-0.3, -0.25) is 0 Å². The molecule has 1 fully saturated rings. The number of piperidine rings is 1. The normalized spacial score (nSPS) is 26.3. The van der Waals surface area contributed by atoms with Crippen LogP contribution in [0.3, 0.4) is 0 Å². The van der Waals surface area contributed by atoms with Gasteiger partial charge in [0.1, 0.15) is 5.82 Å². The second-order valence-electron chi connectivity index (χ2n) is 6.58. The molecule has 1 unspecified atom stereocenters. The first-order valence-corrected chi connectivity index (χ1v) is 8.19. The van der Waals surface area contributed by atoms with E-state index >= 15 is 0 Å². The van der Waals surface area contributed by atoms with Gasteiger partial charge in [0, 0.05) is 40.8 Å². The van der Waals surface area contributed by atoms with Gasteiger partial charge in [0.15, 0.2) is 0 Å². The van der Waals surface area contributed by atoms with E-state index in [4.69, 9.17) is 17.2 Å². The molecule has 1 saturated heterocycles. The highest BCUT2D eigenvalue weighted by Gasteiger charge is 2.39. The van der Waals surface area contributed by atoms with E-state index in [1.807, 2.05) is 13.1 Å². The van der Waals surface area contributed by atoms with Gasteiger partial charge >= 0.3 is 0 Å². The molecule has 2 aliphatic rings. The molecular formula is C17H27N5. The van der Waals surface area contributed by atoms with Crippen LogP contribution in [0.25, 0.3) is 11.4 Å². The Bertz CT molecular complexity index is 639. The van der Waals surface area contributed by atoms with Gasteiger partial charge in [-0.2, -0.15) is 0 Å². The summed E-state index contributed by atoms with van der Waals surface area (Å²) in [4.78, 5) is 5.40. The second kappa shape index (κ2) is 5.39. The highest BCUT2D eigenvalue weighted by atomic mass is 15.2. The van der Waals surface area contributed by atoms with Crippen LogP contribution in [-0.4, -0.2) is 22.0 Å². The maximum atomic E-state index is 6.68. The predicted octanol–water partition coefficient (Wildman–Crippen LogP) is 2.58. The number of fused-ring (bicyclic) bond motifs is 2. The third-order valence-electron chi connectivity index (χ3n) is 5.02. The van der Waals surface area contributed by atoms with E-state index in [0.717, 1.165) is 48.3 Å². The van der Waals surface area contributed by atoms with Gasteiger partial charge in [-0.1, -0.05) is 25.8 Å². The van der Waals surface area contributed by atoms with E-state index in [2.05, 4.69) is 22.9 Å². The summed E-state index contributed by atoms with van der Waals surface area (Å²) >= 11 is 0. The fourth-order valence-electron chi connectivity index (χ4n) is 3.75. The Balaban J connectivity index is 2.01. The molecule has 1 atom stereocenters. The molecule has 0 radical (unpaired) electrons. The first kappa shape index (κ1) is 15.0. The van der Waals surface area contributed by atoms with E-state index in [1.165, 1.54) is 18.5 Å². The maximum absolute atomic E-state index is 6.68. The Morgan fingerprint density at radius 3 is 2.86 bits per heavy atom. The minimum atomic E-state index is -0.142. The van der Waals surface area contributed by atoms with Crippen LogP contribution in [0.4, 0.5) is 5.82 Å². The molecule has 3 heterocycles. The number of anilines is 1. The molecule has 5 nitrogen and oxygen atoms in total. The highest BCUT2D eigenvalue weighted by Crippen LogP contribution is 2.44. The van der Waals surface area contributed by atoms with E-state index in [1.54, 1.807) is 0 Å². The minimum Gasteiger partial charge on any atom is -0.397 e. The zero-order chi connectivity index (χ0) is 15.9. The summed E-state index contributed by atoms with van der Waals surface area (Å²) in [7, 11) is 0. The lowest BCUT2D eigenvalue weighted by Crippen LogP contribution is -2.53. The SMILES string of the molecule is C/C=C1\c2c(c[nH]c2N)C(N)=C2CCC(N)(CCCC)CN21. The van der Waals surface area contributed by atoms with Crippen LogP contribution >= 0.6 is 0 Å². The van der Waals surface area contributed by atoms with E-state index in [0.29, 0.717) is 5.82 Å². The third kappa shape index (κ3) is 2.20. The van der Waals surface area contributed by atoms with Crippen LogP contribution in [0.15, 0.2) is 18.0 Å². The molecule has 120 valence electrons. The Morgan fingerprint density at radius 1 is 1.41 bits per heavy atom. The Morgan fingerprint density at radius 2 is 2.18 bits per heavy atom. The van der Waals surface area contributed by atoms with Crippen molar-refractivity contribution in [3.05, 3.63) is 29.1 Å². The van der Waals surface area contributed by atoms with Gasteiger partial charge in [-0.25, -0.2) is 0 Å². The zero-order valence-corrected chi connectivity index (χ0v) is 13.6. The van der Waals surface area contributed by atoms with Crippen molar-refractivity contribution in [1.82, 2.24) is 9.88 Å². The largest absolute Gasteiger partial charge is 0.397 e. The second-order valence-corrected chi connectivity index (χ2v) is 6.58. The van der Waals surface area contributed by atoms with Crippen LogP contribution in [0.1, 0.15) is 57.1 Å². The molecule has 0 aromatic carbocycles. The molecule has 0 saturated carbocycles. The van der Waals surface area contributed by atoms with Crippen molar-refractivity contribution in [3.63, 3.8) is 0 Å². The van der Waals surface area contributed by atoms with Crippen LogP contribution in [0.2, 0.25) is 0 Å². The lowest BCUT2D eigenvalue weighted by molar-refractivity contribution is 0.234. The lowest BCUT2D eigenvalue weighted by Gasteiger charge is -2.46. The number of unbranched alkanes of at least 4 members (excludes halogenated alkanes) is 1. The molecule has 0 aliphatic carbocycles. The monoisotopic (exact) mass is 301 g/mol. The lowest BCUT2D eigenvalue weighted by atomic mass is 9.81. The van der Waals surface area contributed by atoms with E-state index in [-0.39, 0.29) is 5.54 Å². The average molecular weight is 301 g/mol. The molecule has 0 spiro atoms. The molecule has 3 rings (SSSR count). The average Bonchev–Trinajstić information content (AvgIpc) is 2.88. The number of hydrogen-bond acceptors (Lipinski definition) is 4. The highest BCUT2D eigenvalue weighted by molar-refractivity contribution is 5.89. The van der Waals surface area contributed by atoms with Gasteiger partial charge < -0.3 is 27.1 Å².